The zero-order chi connectivity index (χ0) is 15.1. The molecule has 0 aliphatic rings. The highest BCUT2D eigenvalue weighted by atomic mass is 32.1. The first-order valence-corrected chi connectivity index (χ1v) is 7.14. The molecule has 5 nitrogen and oxygen atoms in total. The van der Waals surface area contributed by atoms with Crippen molar-refractivity contribution in [3.8, 4) is 17.1 Å². The Balaban J connectivity index is 2.18. The third kappa shape index (κ3) is 2.21. The molecule has 0 spiro atoms. The first-order chi connectivity index (χ1) is 9.99. The smallest absolute Gasteiger partial charge is 0.195 e. The number of hydrogen-bond donors (Lipinski definition) is 1. The van der Waals surface area contributed by atoms with Crippen molar-refractivity contribution in [2.75, 3.05) is 0 Å². The van der Waals surface area contributed by atoms with Crippen molar-refractivity contribution in [2.45, 2.75) is 20.8 Å². The molecule has 0 radical (unpaired) electrons. The number of nitrogens with one attached hydrogen (secondary N) is 1. The molecule has 0 atom stereocenters. The maximum Gasteiger partial charge on any atom is 0.195 e. The number of aromatic nitrogens is 5. The third-order valence-electron chi connectivity index (χ3n) is 3.72. The number of nitrogens with zero attached hydrogens (tertiary/aromatic N) is 4. The van der Waals surface area contributed by atoms with Gasteiger partial charge in [0.2, 0.25) is 0 Å². The van der Waals surface area contributed by atoms with E-state index in [1.165, 1.54) is 11.1 Å². The molecule has 108 valence electrons. The molecule has 1 aromatic carbocycles. The van der Waals surface area contributed by atoms with Crippen molar-refractivity contribution in [3.05, 3.63) is 46.0 Å². The van der Waals surface area contributed by atoms with Crippen LogP contribution in [-0.2, 0) is 7.05 Å². The molecule has 0 aliphatic heterocycles. The van der Waals surface area contributed by atoms with Gasteiger partial charge in [-0.3, -0.25) is 5.10 Å². The van der Waals surface area contributed by atoms with Crippen LogP contribution in [0.15, 0.2) is 24.4 Å². The predicted molar refractivity (Wildman–Crippen MR) is 85.2 cm³/mol. The number of H-pyrrole nitrogens is 1. The van der Waals surface area contributed by atoms with Crippen molar-refractivity contribution in [1.82, 2.24) is 24.5 Å². The van der Waals surface area contributed by atoms with Gasteiger partial charge in [0.1, 0.15) is 0 Å². The highest BCUT2D eigenvalue weighted by molar-refractivity contribution is 7.71. The van der Waals surface area contributed by atoms with E-state index in [0.29, 0.717) is 4.77 Å². The van der Waals surface area contributed by atoms with Gasteiger partial charge in [-0.25, -0.2) is 4.68 Å². The lowest BCUT2D eigenvalue weighted by Gasteiger charge is -2.09. The Bertz CT molecular complexity index is 869. The van der Waals surface area contributed by atoms with Gasteiger partial charge in [0.05, 0.1) is 23.1 Å². The third-order valence-corrected chi connectivity index (χ3v) is 4.09. The highest BCUT2D eigenvalue weighted by Gasteiger charge is 2.15. The minimum atomic E-state index is 0.601. The number of aromatic amines is 1. The van der Waals surface area contributed by atoms with Crippen molar-refractivity contribution in [3.63, 3.8) is 0 Å². The second kappa shape index (κ2) is 4.96. The lowest BCUT2D eigenvalue weighted by Crippen LogP contribution is -2.02. The molecule has 0 saturated carbocycles. The first-order valence-electron chi connectivity index (χ1n) is 6.73. The summed E-state index contributed by atoms with van der Waals surface area (Å²) >= 11 is 5.17. The molecule has 0 fully saturated rings. The zero-order valence-corrected chi connectivity index (χ0v) is 13.3. The van der Waals surface area contributed by atoms with E-state index in [0.717, 1.165) is 22.8 Å². The van der Waals surface area contributed by atoms with Gasteiger partial charge in [0.25, 0.3) is 0 Å². The van der Waals surface area contributed by atoms with Gasteiger partial charge in [-0.1, -0.05) is 12.1 Å². The molecule has 2 heterocycles. The van der Waals surface area contributed by atoms with Gasteiger partial charge < -0.3 is 4.57 Å². The summed E-state index contributed by atoms with van der Waals surface area (Å²) in [4.78, 5) is 0. The lowest BCUT2D eigenvalue weighted by molar-refractivity contribution is 0.838. The van der Waals surface area contributed by atoms with Crippen LogP contribution >= 0.6 is 12.2 Å². The van der Waals surface area contributed by atoms with Crippen LogP contribution in [0.5, 0.6) is 0 Å². The van der Waals surface area contributed by atoms with Crippen LogP contribution in [0.25, 0.3) is 17.1 Å². The fourth-order valence-corrected chi connectivity index (χ4v) is 2.54. The van der Waals surface area contributed by atoms with Crippen LogP contribution < -0.4 is 0 Å². The Morgan fingerprint density at radius 3 is 2.62 bits per heavy atom. The van der Waals surface area contributed by atoms with Crippen LogP contribution in [-0.4, -0.2) is 24.5 Å². The molecule has 0 aliphatic carbocycles. The summed E-state index contributed by atoms with van der Waals surface area (Å²) in [6.07, 6.45) is 1.84. The van der Waals surface area contributed by atoms with Gasteiger partial charge in [-0.2, -0.15) is 10.2 Å². The van der Waals surface area contributed by atoms with E-state index in [1.807, 2.05) is 29.4 Å². The lowest BCUT2D eigenvalue weighted by atomic mass is 10.1. The average molecular weight is 299 g/mol. The van der Waals surface area contributed by atoms with E-state index in [2.05, 4.69) is 47.3 Å². The van der Waals surface area contributed by atoms with Gasteiger partial charge in [0.15, 0.2) is 10.6 Å². The summed E-state index contributed by atoms with van der Waals surface area (Å²) in [7, 11) is 1.90. The fraction of sp³-hybridized carbons (Fsp3) is 0.267. The van der Waals surface area contributed by atoms with Crippen LogP contribution in [0.1, 0.15) is 16.8 Å². The monoisotopic (exact) mass is 299 g/mol. The van der Waals surface area contributed by atoms with Gasteiger partial charge in [-0.05, 0) is 50.2 Å². The minimum Gasteiger partial charge on any atom is -0.303 e. The van der Waals surface area contributed by atoms with Crippen molar-refractivity contribution in [1.29, 1.82) is 0 Å². The molecule has 0 bridgehead atoms. The van der Waals surface area contributed by atoms with E-state index in [9.17, 15) is 0 Å². The molecule has 3 rings (SSSR count). The second-order valence-electron chi connectivity index (χ2n) is 5.26. The molecule has 0 unspecified atom stereocenters. The molecule has 0 saturated heterocycles. The highest BCUT2D eigenvalue weighted by Crippen LogP contribution is 2.24. The summed E-state index contributed by atoms with van der Waals surface area (Å²) in [6, 6.07) is 6.36. The van der Waals surface area contributed by atoms with Gasteiger partial charge >= 0.3 is 0 Å². The van der Waals surface area contributed by atoms with E-state index < -0.39 is 0 Å². The van der Waals surface area contributed by atoms with E-state index in [-0.39, 0.29) is 0 Å². The normalized spacial score (nSPS) is 11.0. The van der Waals surface area contributed by atoms with Crippen LogP contribution in [0, 0.1) is 25.5 Å². The fourth-order valence-electron chi connectivity index (χ4n) is 2.41. The molecule has 3 aromatic rings. The molecule has 1 N–H and O–H groups in total. The van der Waals surface area contributed by atoms with Gasteiger partial charge in [0, 0.05) is 7.05 Å². The standard InChI is InChI=1S/C15H17N5S/c1-9-5-6-10(2)13(7-9)20-11(3)12(8-16-20)14-17-18-15(21)19(14)4/h5-8H,1-4H3,(H,18,21). The Morgan fingerprint density at radius 2 is 1.95 bits per heavy atom. The van der Waals surface area contributed by atoms with E-state index in [4.69, 9.17) is 12.2 Å². The number of hydrogen-bond acceptors (Lipinski definition) is 3. The van der Waals surface area contributed by atoms with Crippen molar-refractivity contribution in [2.24, 2.45) is 7.05 Å². The van der Waals surface area contributed by atoms with Crippen LogP contribution in [0.2, 0.25) is 0 Å². The maximum atomic E-state index is 5.17. The van der Waals surface area contributed by atoms with Crippen LogP contribution in [0.4, 0.5) is 0 Å². The summed E-state index contributed by atoms with van der Waals surface area (Å²) in [5.41, 5.74) is 5.51. The molecule has 0 amide bonds. The summed E-state index contributed by atoms with van der Waals surface area (Å²) in [6.45, 7) is 6.22. The summed E-state index contributed by atoms with van der Waals surface area (Å²) < 4.78 is 4.41. The topological polar surface area (TPSA) is 51.4 Å². The average Bonchev–Trinajstić information content (AvgIpc) is 2.97. The minimum absolute atomic E-state index is 0.601. The zero-order valence-electron chi connectivity index (χ0n) is 12.5. The molecule has 2 aromatic heterocycles. The quantitative estimate of drug-likeness (QED) is 0.739. The molecule has 6 heteroatoms. The number of benzene rings is 1. The molecular weight excluding hydrogens is 282 g/mol. The van der Waals surface area contributed by atoms with E-state index >= 15 is 0 Å². The molecular formula is C15H17N5S. The molecule has 21 heavy (non-hydrogen) atoms. The number of rotatable bonds is 2. The van der Waals surface area contributed by atoms with Crippen molar-refractivity contribution >= 4 is 12.2 Å². The van der Waals surface area contributed by atoms with Gasteiger partial charge in [-0.15, -0.1) is 0 Å². The summed E-state index contributed by atoms with van der Waals surface area (Å²) in [5, 5.41) is 11.6. The summed E-state index contributed by atoms with van der Waals surface area (Å²) in [5.74, 6) is 0.800. The van der Waals surface area contributed by atoms with Crippen LogP contribution in [0.3, 0.4) is 0 Å². The number of aryl methyl sites for hydroxylation is 2. The first kappa shape index (κ1) is 13.8. The van der Waals surface area contributed by atoms with E-state index in [1.54, 1.807) is 0 Å². The Kier molecular flexibility index (Phi) is 3.25. The maximum absolute atomic E-state index is 5.17. The van der Waals surface area contributed by atoms with Crippen molar-refractivity contribution < 1.29 is 0 Å². The second-order valence-corrected chi connectivity index (χ2v) is 5.64. The largest absolute Gasteiger partial charge is 0.303 e. The Morgan fingerprint density at radius 1 is 1.19 bits per heavy atom. The Hall–Kier alpha value is -2.21. The SMILES string of the molecule is Cc1ccc(C)c(-n2ncc(-c3n[nH]c(=S)n3C)c2C)c1. The predicted octanol–water partition coefficient (Wildman–Crippen LogP) is 3.26. The Labute approximate surface area is 128 Å².